The van der Waals surface area contributed by atoms with Gasteiger partial charge in [-0.05, 0) is 60.6 Å². The van der Waals surface area contributed by atoms with E-state index < -0.39 is 0 Å². The molecule has 1 aliphatic heterocycles. The molecule has 0 spiro atoms. The molecular weight excluding hydrogens is 450 g/mol. The van der Waals surface area contributed by atoms with E-state index in [-0.39, 0.29) is 5.92 Å². The van der Waals surface area contributed by atoms with Gasteiger partial charge in [0.05, 0.1) is 19.7 Å². The van der Waals surface area contributed by atoms with Gasteiger partial charge in [-0.3, -0.25) is 4.79 Å². The Balaban J connectivity index is 1.32. The number of carbonyl (C=O) groups excluding carboxylic acids is 1. The molecule has 0 bridgehead atoms. The Bertz CT molecular complexity index is 1390. The smallest absolute Gasteiger partial charge is 0.225 e. The molecular formula is C30H31N3O3. The fraction of sp³-hybridized carbons (Fsp3) is 0.333. The number of imidazole rings is 1. The minimum Gasteiger partial charge on any atom is -0.497 e. The van der Waals surface area contributed by atoms with E-state index in [0.717, 1.165) is 83.9 Å². The van der Waals surface area contributed by atoms with E-state index in [1.807, 2.05) is 24.3 Å². The highest BCUT2D eigenvalue weighted by Crippen LogP contribution is 2.35. The summed E-state index contributed by atoms with van der Waals surface area (Å²) in [6.45, 7) is 2.52. The molecule has 0 radical (unpaired) electrons. The van der Waals surface area contributed by atoms with Crippen LogP contribution in [-0.4, -0.2) is 47.7 Å². The molecule has 4 aromatic rings. The van der Waals surface area contributed by atoms with E-state index >= 15 is 0 Å². The number of nitrogens with zero attached hydrogens (tertiary/aromatic N) is 3. The van der Waals surface area contributed by atoms with Crippen LogP contribution in [0.2, 0.25) is 0 Å². The molecule has 6 heteroatoms. The Kier molecular flexibility index (Phi) is 5.88. The number of amides is 1. The first-order valence-corrected chi connectivity index (χ1v) is 12.7. The number of aromatic nitrogens is 2. The number of fused-ring (bicyclic) bond motifs is 1. The highest BCUT2D eigenvalue weighted by Gasteiger charge is 2.36. The first-order valence-electron chi connectivity index (χ1n) is 12.7. The summed E-state index contributed by atoms with van der Waals surface area (Å²) in [5.41, 5.74) is 5.29. The van der Waals surface area contributed by atoms with Crippen molar-refractivity contribution in [3.63, 3.8) is 0 Å². The first-order chi connectivity index (χ1) is 17.6. The van der Waals surface area contributed by atoms with Crippen molar-refractivity contribution in [1.29, 1.82) is 0 Å². The molecule has 36 heavy (non-hydrogen) atoms. The SMILES string of the molecule is COc1ccc(-c2ccc(-c3nc4c(OC)cccc4n3C[C@@H]3CCN(C(=O)C4CC4)C3)cc2)cc1. The average molecular weight is 482 g/mol. The van der Waals surface area contributed by atoms with Crippen LogP contribution in [0.25, 0.3) is 33.5 Å². The van der Waals surface area contributed by atoms with Crippen LogP contribution in [0.3, 0.4) is 0 Å². The minimum atomic E-state index is 0.280. The summed E-state index contributed by atoms with van der Waals surface area (Å²) < 4.78 is 13.2. The van der Waals surface area contributed by atoms with Gasteiger partial charge < -0.3 is 18.9 Å². The maximum absolute atomic E-state index is 12.6. The van der Waals surface area contributed by atoms with Gasteiger partial charge in [-0.1, -0.05) is 42.5 Å². The van der Waals surface area contributed by atoms with Crippen molar-refractivity contribution < 1.29 is 14.3 Å². The van der Waals surface area contributed by atoms with Crippen molar-refractivity contribution in [1.82, 2.24) is 14.5 Å². The highest BCUT2D eigenvalue weighted by molar-refractivity contribution is 5.86. The van der Waals surface area contributed by atoms with Crippen molar-refractivity contribution in [2.45, 2.75) is 25.8 Å². The molecule has 6 rings (SSSR count). The second-order valence-electron chi connectivity index (χ2n) is 9.89. The van der Waals surface area contributed by atoms with Crippen molar-refractivity contribution in [3.05, 3.63) is 66.7 Å². The Morgan fingerprint density at radius 1 is 0.889 bits per heavy atom. The normalized spacial score (nSPS) is 17.5. The van der Waals surface area contributed by atoms with E-state index in [1.165, 1.54) is 0 Å². The molecule has 1 amide bonds. The number of hydrogen-bond donors (Lipinski definition) is 0. The Morgan fingerprint density at radius 2 is 1.58 bits per heavy atom. The van der Waals surface area contributed by atoms with Gasteiger partial charge in [-0.15, -0.1) is 0 Å². The molecule has 1 saturated carbocycles. The molecule has 1 saturated heterocycles. The van der Waals surface area contributed by atoms with Crippen LogP contribution < -0.4 is 9.47 Å². The van der Waals surface area contributed by atoms with Crippen molar-refractivity contribution in [2.75, 3.05) is 27.3 Å². The Labute approximate surface area is 211 Å². The number of benzene rings is 3. The van der Waals surface area contributed by atoms with E-state index in [4.69, 9.17) is 14.5 Å². The maximum Gasteiger partial charge on any atom is 0.225 e. The third kappa shape index (κ3) is 4.21. The lowest BCUT2D eigenvalue weighted by Gasteiger charge is -2.18. The molecule has 2 fully saturated rings. The van der Waals surface area contributed by atoms with Gasteiger partial charge in [0.1, 0.15) is 22.8 Å². The zero-order chi connectivity index (χ0) is 24.6. The number of likely N-dealkylation sites (tertiary alicyclic amines) is 1. The number of para-hydroxylation sites is 1. The van der Waals surface area contributed by atoms with Crippen molar-refractivity contribution in [2.24, 2.45) is 11.8 Å². The van der Waals surface area contributed by atoms with Crippen LogP contribution in [0.1, 0.15) is 19.3 Å². The van der Waals surface area contributed by atoms with Crippen LogP contribution >= 0.6 is 0 Å². The van der Waals surface area contributed by atoms with Gasteiger partial charge in [0.25, 0.3) is 0 Å². The second-order valence-corrected chi connectivity index (χ2v) is 9.89. The fourth-order valence-corrected chi connectivity index (χ4v) is 5.31. The van der Waals surface area contributed by atoms with E-state index in [0.29, 0.717) is 11.8 Å². The van der Waals surface area contributed by atoms with Crippen molar-refractivity contribution in [3.8, 4) is 34.0 Å². The number of methoxy groups -OCH3 is 2. The summed E-state index contributed by atoms with van der Waals surface area (Å²) in [4.78, 5) is 19.7. The topological polar surface area (TPSA) is 56.6 Å². The zero-order valence-corrected chi connectivity index (χ0v) is 20.8. The standard InChI is InChI=1S/C30H31N3O3/c1-35-25-14-12-22(13-15-25)21-6-8-23(9-7-21)29-31-28-26(4-3-5-27(28)36-2)33(29)19-20-16-17-32(18-20)30(34)24-10-11-24/h3-9,12-15,20,24H,10-11,16-19H2,1-2H3/t20-/m1/s1. The molecule has 2 aliphatic rings. The molecule has 2 heterocycles. The van der Waals surface area contributed by atoms with Crippen LogP contribution in [0, 0.1) is 11.8 Å². The van der Waals surface area contributed by atoms with Crippen LogP contribution in [-0.2, 0) is 11.3 Å². The molecule has 6 nitrogen and oxygen atoms in total. The van der Waals surface area contributed by atoms with Gasteiger partial charge >= 0.3 is 0 Å². The summed E-state index contributed by atoms with van der Waals surface area (Å²) in [5, 5.41) is 0. The first kappa shape index (κ1) is 22.7. The van der Waals surface area contributed by atoms with Crippen LogP contribution in [0.15, 0.2) is 66.7 Å². The van der Waals surface area contributed by atoms with E-state index in [9.17, 15) is 4.79 Å². The summed E-state index contributed by atoms with van der Waals surface area (Å²) >= 11 is 0. The van der Waals surface area contributed by atoms with Gasteiger partial charge in [0.15, 0.2) is 0 Å². The van der Waals surface area contributed by atoms with Crippen molar-refractivity contribution >= 4 is 16.9 Å². The van der Waals surface area contributed by atoms with Crippen LogP contribution in [0.4, 0.5) is 0 Å². The van der Waals surface area contributed by atoms with Crippen LogP contribution in [0.5, 0.6) is 11.5 Å². The predicted molar refractivity (Wildman–Crippen MR) is 141 cm³/mol. The minimum absolute atomic E-state index is 0.280. The lowest BCUT2D eigenvalue weighted by Crippen LogP contribution is -2.30. The molecule has 0 unspecified atom stereocenters. The number of ether oxygens (including phenoxy) is 2. The lowest BCUT2D eigenvalue weighted by molar-refractivity contribution is -0.131. The summed E-state index contributed by atoms with van der Waals surface area (Å²) in [5.74, 6) is 3.60. The quantitative estimate of drug-likeness (QED) is 0.343. The van der Waals surface area contributed by atoms with Gasteiger partial charge in [-0.2, -0.15) is 0 Å². The largest absolute Gasteiger partial charge is 0.497 e. The third-order valence-electron chi connectivity index (χ3n) is 7.49. The van der Waals surface area contributed by atoms with Gasteiger partial charge in [0, 0.05) is 31.1 Å². The summed E-state index contributed by atoms with van der Waals surface area (Å²) in [6, 6.07) is 22.8. The zero-order valence-electron chi connectivity index (χ0n) is 20.8. The fourth-order valence-electron chi connectivity index (χ4n) is 5.31. The molecule has 1 atom stereocenters. The monoisotopic (exact) mass is 481 g/mol. The second kappa shape index (κ2) is 9.34. The highest BCUT2D eigenvalue weighted by atomic mass is 16.5. The summed E-state index contributed by atoms with van der Waals surface area (Å²) in [7, 11) is 3.37. The molecule has 0 N–H and O–H groups in total. The summed E-state index contributed by atoms with van der Waals surface area (Å²) in [6.07, 6.45) is 3.14. The molecule has 1 aliphatic carbocycles. The predicted octanol–water partition coefficient (Wildman–Crippen LogP) is 5.65. The van der Waals surface area contributed by atoms with E-state index in [1.54, 1.807) is 14.2 Å². The van der Waals surface area contributed by atoms with Gasteiger partial charge in [-0.25, -0.2) is 4.98 Å². The number of hydrogen-bond acceptors (Lipinski definition) is 4. The number of carbonyl (C=O) groups is 1. The Hall–Kier alpha value is -3.80. The Morgan fingerprint density at radius 3 is 2.25 bits per heavy atom. The average Bonchev–Trinajstić information content (AvgIpc) is 3.57. The van der Waals surface area contributed by atoms with E-state index in [2.05, 4.69) is 51.9 Å². The molecule has 3 aromatic carbocycles. The molecule has 1 aromatic heterocycles. The molecule has 184 valence electrons. The number of rotatable bonds is 7. The third-order valence-corrected chi connectivity index (χ3v) is 7.49. The van der Waals surface area contributed by atoms with Gasteiger partial charge in [0.2, 0.25) is 5.91 Å². The lowest BCUT2D eigenvalue weighted by atomic mass is 10.0. The maximum atomic E-state index is 12.6.